The summed E-state index contributed by atoms with van der Waals surface area (Å²) in [5.74, 6) is 1.31. The molecule has 0 aromatic heterocycles. The van der Waals surface area contributed by atoms with Crippen LogP contribution in [-0.2, 0) is 14.8 Å². The first-order valence-electron chi connectivity index (χ1n) is 7.43. The quantitative estimate of drug-likeness (QED) is 0.736. The second-order valence-corrected chi connectivity index (χ2v) is 8.04. The number of carbonyl (C=O) groups is 1. The largest absolute Gasteiger partial charge is 0.493 e. The van der Waals surface area contributed by atoms with Gasteiger partial charge in [0, 0.05) is 32.2 Å². The van der Waals surface area contributed by atoms with Gasteiger partial charge in [0.15, 0.2) is 11.5 Å². The smallest absolute Gasteiger partial charge is 0.243 e. The molecule has 0 radical (unpaired) electrons. The van der Waals surface area contributed by atoms with Crippen molar-refractivity contribution in [2.45, 2.75) is 4.90 Å². The Hall–Kier alpha value is -1.45. The van der Waals surface area contributed by atoms with Crippen LogP contribution in [0.2, 0.25) is 0 Å². The zero-order valence-electron chi connectivity index (χ0n) is 14.0. The van der Waals surface area contributed by atoms with Gasteiger partial charge in [-0.2, -0.15) is 16.1 Å². The highest BCUT2D eigenvalue weighted by molar-refractivity contribution is 7.99. The maximum Gasteiger partial charge on any atom is 0.243 e. The van der Waals surface area contributed by atoms with E-state index >= 15 is 0 Å². The van der Waals surface area contributed by atoms with Crippen LogP contribution in [0.5, 0.6) is 11.5 Å². The highest BCUT2D eigenvalue weighted by atomic mass is 32.2. The molecule has 1 fully saturated rings. The average molecular weight is 374 g/mol. The fraction of sp³-hybridized carbons (Fsp3) is 0.533. The minimum absolute atomic E-state index is 0.0469. The molecule has 24 heavy (non-hydrogen) atoms. The molecule has 0 unspecified atom stereocenters. The number of amides is 1. The standard InChI is InChI=1S/C15H22N2O5S2/c1-21-13-5-4-12(10-14(13)22-2)24(19,20)17-8-6-16(7-9-17)15(18)11-23-3/h4-5,10H,6-9,11H2,1-3H3. The van der Waals surface area contributed by atoms with Crippen LogP contribution in [0, 0.1) is 0 Å². The third-order valence-electron chi connectivity index (χ3n) is 3.85. The van der Waals surface area contributed by atoms with Crippen molar-refractivity contribution in [1.29, 1.82) is 0 Å². The van der Waals surface area contributed by atoms with Crippen molar-refractivity contribution in [2.75, 3.05) is 52.4 Å². The summed E-state index contributed by atoms with van der Waals surface area (Å²) < 4.78 is 37.3. The van der Waals surface area contributed by atoms with E-state index in [-0.39, 0.29) is 23.9 Å². The van der Waals surface area contributed by atoms with Crippen LogP contribution in [0.4, 0.5) is 0 Å². The molecule has 134 valence electrons. The summed E-state index contributed by atoms with van der Waals surface area (Å²) in [6, 6.07) is 4.53. The van der Waals surface area contributed by atoms with Crippen molar-refractivity contribution in [3.05, 3.63) is 18.2 Å². The number of nitrogens with zero attached hydrogens (tertiary/aromatic N) is 2. The van der Waals surface area contributed by atoms with E-state index in [1.54, 1.807) is 11.0 Å². The Morgan fingerprint density at radius 3 is 2.29 bits per heavy atom. The van der Waals surface area contributed by atoms with Crippen LogP contribution in [0.25, 0.3) is 0 Å². The molecule has 9 heteroatoms. The second kappa shape index (κ2) is 8.09. The van der Waals surface area contributed by atoms with E-state index in [1.165, 1.54) is 42.4 Å². The van der Waals surface area contributed by atoms with Crippen molar-refractivity contribution < 1.29 is 22.7 Å². The Kier molecular flexibility index (Phi) is 6.36. The molecule has 0 aliphatic carbocycles. The van der Waals surface area contributed by atoms with Gasteiger partial charge < -0.3 is 14.4 Å². The van der Waals surface area contributed by atoms with Crippen molar-refractivity contribution >= 4 is 27.7 Å². The van der Waals surface area contributed by atoms with Crippen molar-refractivity contribution in [2.24, 2.45) is 0 Å². The van der Waals surface area contributed by atoms with Gasteiger partial charge in [-0.05, 0) is 18.4 Å². The molecule has 1 amide bonds. The molecule has 0 N–H and O–H groups in total. The lowest BCUT2D eigenvalue weighted by Crippen LogP contribution is -2.50. The van der Waals surface area contributed by atoms with Gasteiger partial charge in [-0.15, -0.1) is 0 Å². The monoisotopic (exact) mass is 374 g/mol. The van der Waals surface area contributed by atoms with Crippen LogP contribution in [0.1, 0.15) is 0 Å². The van der Waals surface area contributed by atoms with Crippen LogP contribution < -0.4 is 9.47 Å². The van der Waals surface area contributed by atoms with Gasteiger partial charge in [-0.3, -0.25) is 4.79 Å². The normalized spacial score (nSPS) is 16.0. The molecule has 0 atom stereocenters. The molecule has 0 saturated carbocycles. The fourth-order valence-electron chi connectivity index (χ4n) is 2.52. The molecule has 1 aromatic carbocycles. The van der Waals surface area contributed by atoms with Crippen molar-refractivity contribution in [1.82, 2.24) is 9.21 Å². The number of ether oxygens (including phenoxy) is 2. The number of thioether (sulfide) groups is 1. The average Bonchev–Trinajstić information content (AvgIpc) is 2.61. The Balaban J connectivity index is 2.13. The zero-order valence-corrected chi connectivity index (χ0v) is 15.7. The number of rotatable bonds is 6. The number of benzene rings is 1. The van der Waals surface area contributed by atoms with Gasteiger partial charge >= 0.3 is 0 Å². The maximum atomic E-state index is 12.8. The summed E-state index contributed by atoms with van der Waals surface area (Å²) in [5.41, 5.74) is 0. The molecule has 2 rings (SSSR count). The second-order valence-electron chi connectivity index (χ2n) is 5.23. The lowest BCUT2D eigenvalue weighted by Gasteiger charge is -2.34. The van der Waals surface area contributed by atoms with Gasteiger partial charge in [0.1, 0.15) is 0 Å². The van der Waals surface area contributed by atoms with E-state index in [4.69, 9.17) is 9.47 Å². The summed E-state index contributed by atoms with van der Waals surface area (Å²) in [6.45, 7) is 1.39. The number of hydrogen-bond donors (Lipinski definition) is 0. The predicted molar refractivity (Wildman–Crippen MR) is 93.3 cm³/mol. The number of sulfonamides is 1. The SMILES string of the molecule is COc1ccc(S(=O)(=O)N2CCN(C(=O)CSC)CC2)cc1OC. The Labute approximate surface area is 147 Å². The Morgan fingerprint density at radius 2 is 1.75 bits per heavy atom. The first kappa shape index (κ1) is 18.9. The Bertz CT molecular complexity index is 685. The van der Waals surface area contributed by atoms with Gasteiger partial charge in [0.2, 0.25) is 15.9 Å². The van der Waals surface area contributed by atoms with Crippen LogP contribution >= 0.6 is 11.8 Å². The molecule has 1 aliphatic rings. The highest BCUT2D eigenvalue weighted by Gasteiger charge is 2.30. The van der Waals surface area contributed by atoms with E-state index in [0.717, 1.165) is 0 Å². The molecule has 1 aliphatic heterocycles. The van der Waals surface area contributed by atoms with Crippen molar-refractivity contribution in [3.8, 4) is 11.5 Å². The first-order chi connectivity index (χ1) is 11.4. The van der Waals surface area contributed by atoms with Gasteiger partial charge in [0.05, 0.1) is 24.9 Å². The van der Waals surface area contributed by atoms with Crippen LogP contribution in [-0.4, -0.2) is 75.9 Å². The summed E-state index contributed by atoms with van der Waals surface area (Å²) in [6.07, 6.45) is 1.87. The van der Waals surface area contributed by atoms with Crippen molar-refractivity contribution in [3.63, 3.8) is 0 Å². The molecule has 1 heterocycles. The number of piperazine rings is 1. The molecule has 0 spiro atoms. The van der Waals surface area contributed by atoms with Gasteiger partial charge in [0.25, 0.3) is 0 Å². The zero-order chi connectivity index (χ0) is 17.7. The minimum atomic E-state index is -3.63. The molecule has 1 saturated heterocycles. The third kappa shape index (κ3) is 3.96. The number of hydrogen-bond acceptors (Lipinski definition) is 6. The van der Waals surface area contributed by atoms with Gasteiger partial charge in [-0.25, -0.2) is 8.42 Å². The molecule has 0 bridgehead atoms. The number of methoxy groups -OCH3 is 2. The lowest BCUT2D eigenvalue weighted by molar-refractivity contribution is -0.129. The maximum absolute atomic E-state index is 12.8. The fourth-order valence-corrected chi connectivity index (χ4v) is 4.39. The minimum Gasteiger partial charge on any atom is -0.493 e. The molecule has 7 nitrogen and oxygen atoms in total. The summed E-state index contributed by atoms with van der Waals surface area (Å²) in [5, 5.41) is 0. The Morgan fingerprint density at radius 1 is 1.12 bits per heavy atom. The van der Waals surface area contributed by atoms with Gasteiger partial charge in [-0.1, -0.05) is 0 Å². The van der Waals surface area contributed by atoms with Crippen LogP contribution in [0.3, 0.4) is 0 Å². The highest BCUT2D eigenvalue weighted by Crippen LogP contribution is 2.30. The van der Waals surface area contributed by atoms with E-state index in [2.05, 4.69) is 0 Å². The van der Waals surface area contributed by atoms with E-state index in [9.17, 15) is 13.2 Å². The topological polar surface area (TPSA) is 76.2 Å². The lowest BCUT2D eigenvalue weighted by atomic mass is 10.3. The van der Waals surface area contributed by atoms with E-state index in [0.29, 0.717) is 30.3 Å². The molecular formula is C15H22N2O5S2. The van der Waals surface area contributed by atoms with E-state index in [1.807, 2.05) is 6.26 Å². The predicted octanol–water partition coefficient (Wildman–Crippen LogP) is 0.900. The molecule has 1 aromatic rings. The van der Waals surface area contributed by atoms with E-state index < -0.39 is 10.0 Å². The first-order valence-corrected chi connectivity index (χ1v) is 10.3. The summed E-state index contributed by atoms with van der Waals surface area (Å²) in [4.78, 5) is 13.7. The molecular weight excluding hydrogens is 352 g/mol. The summed E-state index contributed by atoms with van der Waals surface area (Å²) in [7, 11) is -0.667. The van der Waals surface area contributed by atoms with Crippen LogP contribution in [0.15, 0.2) is 23.1 Å². The summed E-state index contributed by atoms with van der Waals surface area (Å²) >= 11 is 1.47. The third-order valence-corrected chi connectivity index (χ3v) is 6.28. The number of carbonyl (C=O) groups excluding carboxylic acids is 1.